The van der Waals surface area contributed by atoms with Gasteiger partial charge in [0.25, 0.3) is 0 Å². The molecule has 1 saturated carbocycles. The van der Waals surface area contributed by atoms with Gasteiger partial charge in [-0.05, 0) is 58.8 Å². The van der Waals surface area contributed by atoms with Gasteiger partial charge < -0.3 is 15.4 Å². The molecule has 9 nitrogen and oxygen atoms in total. The first-order valence-electron chi connectivity index (χ1n) is 11.3. The Balaban J connectivity index is 1.49. The molecule has 0 radical (unpaired) electrons. The van der Waals surface area contributed by atoms with Gasteiger partial charge in [0.05, 0.1) is 29.4 Å². The van der Waals surface area contributed by atoms with Crippen LogP contribution in [0.3, 0.4) is 0 Å². The van der Waals surface area contributed by atoms with E-state index in [2.05, 4.69) is 45.5 Å². The van der Waals surface area contributed by atoms with E-state index in [0.717, 1.165) is 62.5 Å². The van der Waals surface area contributed by atoms with Crippen molar-refractivity contribution in [3.63, 3.8) is 0 Å². The third kappa shape index (κ3) is 5.08. The van der Waals surface area contributed by atoms with Crippen LogP contribution in [-0.4, -0.2) is 55.2 Å². The molecule has 4 rings (SSSR count). The molecule has 0 bridgehead atoms. The number of aromatic nitrogens is 5. The highest BCUT2D eigenvalue weighted by molar-refractivity contribution is 5.77. The van der Waals surface area contributed by atoms with Crippen molar-refractivity contribution in [3.8, 4) is 11.4 Å². The minimum Gasteiger partial charge on any atom is -0.373 e. The van der Waals surface area contributed by atoms with Crippen LogP contribution in [0.2, 0.25) is 0 Å². The molecule has 1 aliphatic heterocycles. The molecule has 9 heteroatoms. The Morgan fingerprint density at radius 3 is 2.71 bits per heavy atom. The smallest absolute Gasteiger partial charge is 0.227 e. The van der Waals surface area contributed by atoms with Crippen molar-refractivity contribution >= 4 is 11.9 Å². The lowest BCUT2D eigenvalue weighted by Crippen LogP contribution is -2.42. The molecule has 1 unspecified atom stereocenters. The summed E-state index contributed by atoms with van der Waals surface area (Å²) < 4.78 is 10.1. The number of primary amides is 1. The summed E-state index contributed by atoms with van der Waals surface area (Å²) in [6.07, 6.45) is 9.17. The second-order valence-corrected chi connectivity index (χ2v) is 10.0. The summed E-state index contributed by atoms with van der Waals surface area (Å²) >= 11 is 0. The maximum atomic E-state index is 11.8. The minimum atomic E-state index is -0.234. The number of anilines is 1. The van der Waals surface area contributed by atoms with Crippen molar-refractivity contribution in [3.05, 3.63) is 12.4 Å². The van der Waals surface area contributed by atoms with Crippen LogP contribution >= 0.6 is 0 Å². The Hall–Kier alpha value is -2.42. The van der Waals surface area contributed by atoms with Gasteiger partial charge in [0.15, 0.2) is 5.82 Å². The monoisotopic (exact) mass is 429 g/mol. The highest BCUT2D eigenvalue weighted by atomic mass is 16.5. The lowest BCUT2D eigenvalue weighted by atomic mass is 9.79. The molecule has 2 aromatic rings. The average molecular weight is 430 g/mol. The van der Waals surface area contributed by atoms with Crippen LogP contribution in [0.1, 0.15) is 52.9 Å². The fraction of sp³-hybridized carbons (Fsp3) is 0.727. The fourth-order valence-corrected chi connectivity index (χ4v) is 4.69. The number of hydrogen-bond acceptors (Lipinski definition) is 6. The second-order valence-electron chi connectivity index (χ2n) is 10.0. The van der Waals surface area contributed by atoms with Crippen molar-refractivity contribution in [1.82, 2.24) is 24.5 Å². The molecule has 1 aliphatic carbocycles. The SMILES string of the molecule is Cn1cc(-c2nnc(N3CCCC(C(N)=O)C3)n2CCC2CC(OC(C)(C)C)C2)cn1. The summed E-state index contributed by atoms with van der Waals surface area (Å²) in [6, 6.07) is 0. The van der Waals surface area contributed by atoms with Gasteiger partial charge in [-0.1, -0.05) is 0 Å². The quantitative estimate of drug-likeness (QED) is 0.725. The van der Waals surface area contributed by atoms with E-state index < -0.39 is 0 Å². The summed E-state index contributed by atoms with van der Waals surface area (Å²) in [6.45, 7) is 8.63. The zero-order valence-corrected chi connectivity index (χ0v) is 19.1. The van der Waals surface area contributed by atoms with E-state index in [0.29, 0.717) is 18.6 Å². The molecule has 1 amide bonds. The van der Waals surface area contributed by atoms with E-state index in [-0.39, 0.29) is 17.4 Å². The van der Waals surface area contributed by atoms with E-state index >= 15 is 0 Å². The number of nitrogens with two attached hydrogens (primary N) is 1. The molecule has 3 heterocycles. The molecule has 0 aromatic carbocycles. The third-order valence-electron chi connectivity index (χ3n) is 6.27. The Bertz CT molecular complexity index is 907. The van der Waals surface area contributed by atoms with Crippen LogP contribution in [0.5, 0.6) is 0 Å². The highest BCUT2D eigenvalue weighted by Crippen LogP contribution is 2.36. The summed E-state index contributed by atoms with van der Waals surface area (Å²) in [7, 11) is 1.90. The van der Waals surface area contributed by atoms with Gasteiger partial charge in [-0.3, -0.25) is 14.0 Å². The normalized spacial score (nSPS) is 24.3. The second kappa shape index (κ2) is 8.61. The van der Waals surface area contributed by atoms with Gasteiger partial charge in [0, 0.05) is 32.9 Å². The largest absolute Gasteiger partial charge is 0.373 e. The maximum Gasteiger partial charge on any atom is 0.227 e. The van der Waals surface area contributed by atoms with Crippen LogP contribution in [-0.2, 0) is 23.1 Å². The molecule has 1 saturated heterocycles. The van der Waals surface area contributed by atoms with Gasteiger partial charge in [-0.15, -0.1) is 10.2 Å². The maximum absolute atomic E-state index is 11.8. The number of nitrogens with zero attached hydrogens (tertiary/aromatic N) is 6. The van der Waals surface area contributed by atoms with Crippen LogP contribution in [0.4, 0.5) is 5.95 Å². The van der Waals surface area contributed by atoms with Crippen LogP contribution < -0.4 is 10.6 Å². The van der Waals surface area contributed by atoms with Gasteiger partial charge >= 0.3 is 0 Å². The summed E-state index contributed by atoms with van der Waals surface area (Å²) in [4.78, 5) is 13.9. The van der Waals surface area contributed by atoms with E-state index in [4.69, 9.17) is 10.5 Å². The molecule has 2 N–H and O–H groups in total. The molecule has 0 spiro atoms. The van der Waals surface area contributed by atoms with E-state index in [9.17, 15) is 4.79 Å². The number of ether oxygens (including phenoxy) is 1. The molecule has 2 aromatic heterocycles. The Morgan fingerprint density at radius 1 is 1.29 bits per heavy atom. The predicted molar refractivity (Wildman–Crippen MR) is 118 cm³/mol. The number of carbonyl (C=O) groups excluding carboxylic acids is 1. The van der Waals surface area contributed by atoms with Gasteiger partial charge in [-0.25, -0.2) is 0 Å². The minimum absolute atomic E-state index is 0.0875. The predicted octanol–water partition coefficient (Wildman–Crippen LogP) is 2.36. The molecule has 2 fully saturated rings. The highest BCUT2D eigenvalue weighted by Gasteiger charge is 2.34. The number of carbonyl (C=O) groups is 1. The fourth-order valence-electron chi connectivity index (χ4n) is 4.69. The van der Waals surface area contributed by atoms with Gasteiger partial charge in [-0.2, -0.15) is 5.10 Å². The molecular weight excluding hydrogens is 394 g/mol. The lowest BCUT2D eigenvalue weighted by Gasteiger charge is -2.39. The molecule has 1 atom stereocenters. The average Bonchev–Trinajstić information content (AvgIpc) is 3.28. The standard InChI is InChI=1S/C22H35N7O2/c1-22(2,3)31-18-10-15(11-18)7-9-29-20(17-12-24-27(4)13-17)25-26-21(29)28-8-5-6-16(14-28)19(23)30/h12-13,15-16,18H,5-11,14H2,1-4H3,(H2,23,30). The van der Waals surface area contributed by atoms with Crippen LogP contribution in [0.15, 0.2) is 12.4 Å². The Labute approximate surface area is 183 Å². The van der Waals surface area contributed by atoms with Crippen LogP contribution in [0.25, 0.3) is 11.4 Å². The molecular formula is C22H35N7O2. The summed E-state index contributed by atoms with van der Waals surface area (Å²) in [5, 5.41) is 13.3. The van der Waals surface area contributed by atoms with E-state index in [1.54, 1.807) is 4.68 Å². The Kier molecular flexibility index (Phi) is 6.05. The first-order valence-corrected chi connectivity index (χ1v) is 11.3. The molecule has 2 aliphatic rings. The number of piperidine rings is 1. The van der Waals surface area contributed by atoms with E-state index in [1.807, 2.05) is 19.4 Å². The van der Waals surface area contributed by atoms with E-state index in [1.165, 1.54) is 0 Å². The van der Waals surface area contributed by atoms with Gasteiger partial charge in [0.2, 0.25) is 11.9 Å². The Morgan fingerprint density at radius 2 is 2.06 bits per heavy atom. The van der Waals surface area contributed by atoms with Crippen LogP contribution in [0, 0.1) is 11.8 Å². The lowest BCUT2D eigenvalue weighted by molar-refractivity contribution is -0.122. The molecule has 170 valence electrons. The zero-order valence-electron chi connectivity index (χ0n) is 19.1. The van der Waals surface area contributed by atoms with Crippen molar-refractivity contribution in [2.75, 3.05) is 18.0 Å². The van der Waals surface area contributed by atoms with Crippen molar-refractivity contribution in [1.29, 1.82) is 0 Å². The summed E-state index contributed by atoms with van der Waals surface area (Å²) in [5.74, 6) is 1.92. The number of rotatable bonds is 7. The van der Waals surface area contributed by atoms with Crippen molar-refractivity contribution in [2.45, 2.75) is 71.1 Å². The van der Waals surface area contributed by atoms with Crippen molar-refractivity contribution < 1.29 is 9.53 Å². The zero-order chi connectivity index (χ0) is 22.2. The topological polar surface area (TPSA) is 104 Å². The molecule has 31 heavy (non-hydrogen) atoms. The first-order chi connectivity index (χ1) is 14.7. The summed E-state index contributed by atoms with van der Waals surface area (Å²) in [5.41, 5.74) is 6.46. The number of aryl methyl sites for hydroxylation is 1. The third-order valence-corrected chi connectivity index (χ3v) is 6.27. The number of amides is 1. The van der Waals surface area contributed by atoms with Gasteiger partial charge in [0.1, 0.15) is 0 Å². The van der Waals surface area contributed by atoms with Crippen molar-refractivity contribution in [2.24, 2.45) is 24.6 Å². The number of hydrogen-bond donors (Lipinski definition) is 1. The first kappa shape index (κ1) is 21.8.